The molecule has 26 heavy (non-hydrogen) atoms. The number of hydrogen-bond donors (Lipinski definition) is 1. The maximum atomic E-state index is 13.9. The lowest BCUT2D eigenvalue weighted by molar-refractivity contribution is 0.574. The highest BCUT2D eigenvalue weighted by molar-refractivity contribution is 7.88. The van der Waals surface area contributed by atoms with Crippen LogP contribution in [0.4, 0.5) is 4.39 Å². The molecule has 0 atom stereocenters. The molecular formula is C18H17ClFN3O2S. The summed E-state index contributed by atoms with van der Waals surface area (Å²) < 4.78 is 43.0. The van der Waals surface area contributed by atoms with Crippen molar-refractivity contribution in [2.75, 3.05) is 0 Å². The van der Waals surface area contributed by atoms with Crippen LogP contribution in [0.1, 0.15) is 17.0 Å². The lowest BCUT2D eigenvalue weighted by atomic mass is 10.2. The Labute approximate surface area is 156 Å². The van der Waals surface area contributed by atoms with E-state index in [9.17, 15) is 12.8 Å². The van der Waals surface area contributed by atoms with Gasteiger partial charge in [0.15, 0.2) is 0 Å². The van der Waals surface area contributed by atoms with E-state index in [0.717, 1.165) is 17.1 Å². The van der Waals surface area contributed by atoms with Crippen molar-refractivity contribution in [1.82, 2.24) is 14.3 Å². The summed E-state index contributed by atoms with van der Waals surface area (Å²) in [5.74, 6) is -0.374. The number of aryl methyl sites for hydroxylation is 1. The lowest BCUT2D eigenvalue weighted by Gasteiger charge is -2.13. The number of sulfonamides is 1. The average molecular weight is 394 g/mol. The van der Waals surface area contributed by atoms with E-state index in [4.69, 9.17) is 11.6 Å². The van der Waals surface area contributed by atoms with E-state index < -0.39 is 21.6 Å². The van der Waals surface area contributed by atoms with Gasteiger partial charge in [0.05, 0.1) is 11.4 Å². The molecule has 8 heteroatoms. The van der Waals surface area contributed by atoms with Crippen LogP contribution in [0.15, 0.2) is 54.9 Å². The average Bonchev–Trinajstić information content (AvgIpc) is 3.03. The molecule has 3 aromatic rings. The highest BCUT2D eigenvalue weighted by atomic mass is 35.5. The van der Waals surface area contributed by atoms with Gasteiger partial charge in [0, 0.05) is 29.5 Å². The molecule has 0 saturated carbocycles. The van der Waals surface area contributed by atoms with Gasteiger partial charge in [-0.2, -0.15) is 0 Å². The molecule has 0 saturated heterocycles. The molecule has 1 N–H and O–H groups in total. The Balaban J connectivity index is 1.80. The number of halogens is 2. The second-order valence-electron chi connectivity index (χ2n) is 5.75. The van der Waals surface area contributed by atoms with Crippen LogP contribution in [0.3, 0.4) is 0 Å². The summed E-state index contributed by atoms with van der Waals surface area (Å²) in [6.07, 6.45) is 3.48. The molecule has 1 aromatic heterocycles. The fraction of sp³-hybridized carbons (Fsp3) is 0.167. The van der Waals surface area contributed by atoms with Crippen molar-refractivity contribution in [3.8, 4) is 5.69 Å². The van der Waals surface area contributed by atoms with E-state index in [1.54, 1.807) is 6.20 Å². The number of hydrogen-bond acceptors (Lipinski definition) is 3. The van der Waals surface area contributed by atoms with Crippen molar-refractivity contribution in [3.63, 3.8) is 0 Å². The minimum Gasteiger partial charge on any atom is -0.304 e. The molecule has 136 valence electrons. The summed E-state index contributed by atoms with van der Waals surface area (Å²) >= 11 is 5.92. The van der Waals surface area contributed by atoms with E-state index in [1.165, 1.54) is 18.2 Å². The van der Waals surface area contributed by atoms with E-state index in [-0.39, 0.29) is 17.1 Å². The Kier molecular flexibility index (Phi) is 5.41. The van der Waals surface area contributed by atoms with Gasteiger partial charge >= 0.3 is 0 Å². The Hall–Kier alpha value is -2.22. The Morgan fingerprint density at radius 3 is 2.65 bits per heavy atom. The number of rotatable bonds is 6. The minimum atomic E-state index is -3.77. The molecule has 0 aliphatic carbocycles. The van der Waals surface area contributed by atoms with E-state index in [2.05, 4.69) is 9.71 Å². The predicted molar refractivity (Wildman–Crippen MR) is 99.2 cm³/mol. The van der Waals surface area contributed by atoms with Crippen LogP contribution in [-0.2, 0) is 22.3 Å². The molecule has 0 amide bonds. The van der Waals surface area contributed by atoms with Crippen molar-refractivity contribution in [3.05, 3.63) is 82.6 Å². The fourth-order valence-corrected chi connectivity index (χ4v) is 4.09. The summed E-state index contributed by atoms with van der Waals surface area (Å²) in [6.45, 7) is 1.93. The van der Waals surface area contributed by atoms with Crippen molar-refractivity contribution < 1.29 is 12.8 Å². The number of nitrogens with one attached hydrogen (secondary N) is 1. The highest BCUT2D eigenvalue weighted by Gasteiger charge is 2.18. The third-order valence-electron chi connectivity index (χ3n) is 3.96. The first-order valence-electron chi connectivity index (χ1n) is 7.86. The smallest absolute Gasteiger partial charge is 0.216 e. The number of imidazole rings is 1. The summed E-state index contributed by atoms with van der Waals surface area (Å²) in [6, 6.07) is 11.5. The Morgan fingerprint density at radius 1 is 1.19 bits per heavy atom. The van der Waals surface area contributed by atoms with Crippen LogP contribution in [0.5, 0.6) is 0 Å². The topological polar surface area (TPSA) is 64.0 Å². The van der Waals surface area contributed by atoms with Gasteiger partial charge in [0.2, 0.25) is 10.0 Å². The number of para-hydroxylation sites is 1. The van der Waals surface area contributed by atoms with Gasteiger partial charge in [0.25, 0.3) is 0 Å². The molecule has 0 unspecified atom stereocenters. The summed E-state index contributed by atoms with van der Waals surface area (Å²) in [4.78, 5) is 4.19. The monoisotopic (exact) mass is 393 g/mol. The van der Waals surface area contributed by atoms with E-state index in [0.29, 0.717) is 0 Å². The van der Waals surface area contributed by atoms with Crippen LogP contribution in [0.2, 0.25) is 5.02 Å². The Morgan fingerprint density at radius 2 is 1.96 bits per heavy atom. The molecule has 0 aliphatic rings. The molecular weight excluding hydrogens is 377 g/mol. The van der Waals surface area contributed by atoms with Crippen molar-refractivity contribution >= 4 is 21.6 Å². The fourth-order valence-electron chi connectivity index (χ4n) is 2.63. The number of benzene rings is 2. The molecule has 0 fully saturated rings. The summed E-state index contributed by atoms with van der Waals surface area (Å²) in [7, 11) is -3.77. The van der Waals surface area contributed by atoms with Gasteiger partial charge in [-0.25, -0.2) is 22.5 Å². The number of aromatic nitrogens is 2. The molecule has 0 spiro atoms. The predicted octanol–water partition coefficient (Wildman–Crippen LogP) is 3.59. The zero-order chi connectivity index (χ0) is 18.7. The van der Waals surface area contributed by atoms with Crippen molar-refractivity contribution in [2.24, 2.45) is 0 Å². The lowest BCUT2D eigenvalue weighted by Crippen LogP contribution is -2.25. The first-order valence-corrected chi connectivity index (χ1v) is 9.89. The molecule has 3 rings (SSSR count). The van der Waals surface area contributed by atoms with Gasteiger partial charge in [-0.1, -0.05) is 35.9 Å². The molecule has 5 nitrogen and oxygen atoms in total. The second kappa shape index (κ2) is 7.57. The first-order chi connectivity index (χ1) is 12.4. The maximum absolute atomic E-state index is 13.9. The van der Waals surface area contributed by atoms with Crippen molar-refractivity contribution in [1.29, 1.82) is 0 Å². The van der Waals surface area contributed by atoms with Crippen LogP contribution < -0.4 is 4.72 Å². The second-order valence-corrected chi connectivity index (χ2v) is 7.97. The maximum Gasteiger partial charge on any atom is 0.216 e. The van der Waals surface area contributed by atoms with Crippen LogP contribution >= 0.6 is 11.6 Å². The van der Waals surface area contributed by atoms with E-state index >= 15 is 0 Å². The van der Waals surface area contributed by atoms with Gasteiger partial charge in [0.1, 0.15) is 11.6 Å². The Bertz CT molecular complexity index is 1010. The van der Waals surface area contributed by atoms with Gasteiger partial charge in [-0.3, -0.25) is 0 Å². The molecule has 0 bridgehead atoms. The SMILES string of the molecule is Cc1nccn1-c1ccccc1CNS(=O)(=O)Cc1c(F)cccc1Cl. The summed E-state index contributed by atoms with van der Waals surface area (Å²) in [5, 5.41) is 0.0878. The first kappa shape index (κ1) is 18.6. The highest BCUT2D eigenvalue weighted by Crippen LogP contribution is 2.21. The standard InChI is InChI=1S/C18H17ClFN3O2S/c1-13-21-9-10-23(13)18-8-3-2-5-14(18)11-22-26(24,25)12-15-16(19)6-4-7-17(15)20/h2-10,22H,11-12H2,1H3. The van der Waals surface area contributed by atoms with Crippen molar-refractivity contribution in [2.45, 2.75) is 19.2 Å². The third kappa shape index (κ3) is 4.12. The van der Waals surface area contributed by atoms with E-state index in [1.807, 2.05) is 42.0 Å². The largest absolute Gasteiger partial charge is 0.304 e. The minimum absolute atomic E-state index is 0.0413. The zero-order valence-electron chi connectivity index (χ0n) is 14.0. The van der Waals surface area contributed by atoms with Gasteiger partial charge in [-0.05, 0) is 30.7 Å². The molecule has 0 aliphatic heterocycles. The van der Waals surface area contributed by atoms with Crippen LogP contribution in [0, 0.1) is 12.7 Å². The number of nitrogens with zero attached hydrogens (tertiary/aromatic N) is 2. The van der Waals surface area contributed by atoms with Gasteiger partial charge < -0.3 is 4.57 Å². The van der Waals surface area contributed by atoms with Gasteiger partial charge in [-0.15, -0.1) is 0 Å². The molecule has 0 radical (unpaired) electrons. The van der Waals surface area contributed by atoms with Crippen LogP contribution in [-0.4, -0.2) is 18.0 Å². The third-order valence-corrected chi connectivity index (χ3v) is 5.56. The zero-order valence-corrected chi connectivity index (χ0v) is 15.6. The summed E-state index contributed by atoms with van der Waals surface area (Å²) in [5.41, 5.74) is 1.56. The molecule has 1 heterocycles. The van der Waals surface area contributed by atoms with Crippen LogP contribution in [0.25, 0.3) is 5.69 Å². The molecule has 2 aromatic carbocycles. The normalized spacial score (nSPS) is 11.7. The quantitative estimate of drug-likeness (QED) is 0.696.